The Balaban J connectivity index is 2.03. The molecule has 0 aliphatic heterocycles. The minimum absolute atomic E-state index is 0.163. The molecule has 2 aromatic carbocycles. The summed E-state index contributed by atoms with van der Waals surface area (Å²) in [7, 11) is 0. The van der Waals surface area contributed by atoms with Gasteiger partial charge in [-0.15, -0.1) is 0 Å². The second-order valence-corrected chi connectivity index (χ2v) is 8.19. The normalized spacial score (nSPS) is 23.4. The molecule has 0 spiro atoms. The average Bonchev–Trinajstić information content (AvgIpc) is 3.04. The Bertz CT molecular complexity index is 943. The van der Waals surface area contributed by atoms with Gasteiger partial charge < -0.3 is 0 Å². The van der Waals surface area contributed by atoms with Crippen molar-refractivity contribution in [2.45, 2.75) is 38.0 Å². The van der Waals surface area contributed by atoms with Crippen LogP contribution in [0, 0.1) is 0 Å². The third kappa shape index (κ3) is 3.19. The van der Waals surface area contributed by atoms with E-state index in [9.17, 15) is 0 Å². The molecule has 0 fully saturated rings. The minimum Gasteiger partial charge on any atom is -0.0848 e. The monoisotopic (exact) mass is 416 g/mol. The first-order valence-corrected chi connectivity index (χ1v) is 10.6. The van der Waals surface area contributed by atoms with Gasteiger partial charge in [-0.2, -0.15) is 0 Å². The predicted molar refractivity (Wildman–Crippen MR) is 119 cm³/mol. The van der Waals surface area contributed by atoms with Crippen LogP contribution in [0.2, 0.25) is 0 Å². The lowest BCUT2D eigenvalue weighted by Gasteiger charge is -2.37. The molecular formula is C26H25Br. The maximum atomic E-state index is 3.75. The third-order valence-electron chi connectivity index (χ3n) is 5.71. The molecule has 1 heteroatoms. The van der Waals surface area contributed by atoms with Gasteiger partial charge >= 0.3 is 0 Å². The van der Waals surface area contributed by atoms with Gasteiger partial charge in [-0.1, -0.05) is 102 Å². The number of hydrogen-bond acceptors (Lipinski definition) is 0. The Kier molecular flexibility index (Phi) is 5.31. The topological polar surface area (TPSA) is 0 Å². The van der Waals surface area contributed by atoms with Crippen LogP contribution in [0.15, 0.2) is 101 Å². The highest BCUT2D eigenvalue weighted by Gasteiger charge is 2.46. The van der Waals surface area contributed by atoms with E-state index in [2.05, 4.69) is 108 Å². The third-order valence-corrected chi connectivity index (χ3v) is 6.26. The lowest BCUT2D eigenvalue weighted by Crippen LogP contribution is -2.30. The summed E-state index contributed by atoms with van der Waals surface area (Å²) >= 11 is 3.75. The van der Waals surface area contributed by atoms with Crippen molar-refractivity contribution in [3.8, 4) is 0 Å². The van der Waals surface area contributed by atoms with Gasteiger partial charge in [0.2, 0.25) is 0 Å². The van der Waals surface area contributed by atoms with E-state index < -0.39 is 0 Å². The molecule has 0 saturated heterocycles. The largest absolute Gasteiger partial charge is 0.0848 e. The first kappa shape index (κ1) is 18.3. The molecule has 1 atom stereocenters. The molecule has 2 aromatic rings. The number of rotatable bonds is 4. The maximum absolute atomic E-state index is 3.75. The second kappa shape index (κ2) is 7.86. The predicted octanol–water partition coefficient (Wildman–Crippen LogP) is 7.42. The molecule has 0 nitrogen and oxygen atoms in total. The number of fused-ring (bicyclic) bond motifs is 1. The van der Waals surface area contributed by atoms with Gasteiger partial charge in [0.1, 0.15) is 0 Å². The number of halogens is 1. The molecule has 0 saturated carbocycles. The van der Waals surface area contributed by atoms with E-state index in [1.54, 1.807) is 0 Å². The standard InChI is InChI=1S/C26H25Br/c1-2-3-5-14-22-18-20-11-8-9-17-25(20)26(22,21-12-6-4-7-13-21)23-15-10-16-24(27)19-23/h3-9,11-14,16-17,19H,2,10,15,18H2,1H3/b5-3-,22-14+. The van der Waals surface area contributed by atoms with Crippen molar-refractivity contribution in [2.75, 3.05) is 0 Å². The highest BCUT2D eigenvalue weighted by Crippen LogP contribution is 2.54. The van der Waals surface area contributed by atoms with E-state index in [-0.39, 0.29) is 5.41 Å². The zero-order valence-electron chi connectivity index (χ0n) is 15.8. The first-order valence-electron chi connectivity index (χ1n) is 9.83. The van der Waals surface area contributed by atoms with Crippen LogP contribution in [0.4, 0.5) is 0 Å². The van der Waals surface area contributed by atoms with Gasteiger partial charge in [0.05, 0.1) is 5.41 Å². The molecule has 1 unspecified atom stereocenters. The lowest BCUT2D eigenvalue weighted by molar-refractivity contribution is 0.678. The Morgan fingerprint density at radius 1 is 1.04 bits per heavy atom. The fraction of sp³-hybridized carbons (Fsp3) is 0.231. The van der Waals surface area contributed by atoms with Gasteiger partial charge in [0.25, 0.3) is 0 Å². The van der Waals surface area contributed by atoms with E-state index in [0.717, 1.165) is 25.7 Å². The number of benzene rings is 2. The first-order chi connectivity index (χ1) is 13.3. The zero-order chi connectivity index (χ0) is 18.7. The van der Waals surface area contributed by atoms with E-state index in [4.69, 9.17) is 0 Å². The van der Waals surface area contributed by atoms with Crippen LogP contribution < -0.4 is 0 Å². The molecule has 2 aliphatic rings. The molecule has 2 aliphatic carbocycles. The quantitative estimate of drug-likeness (QED) is 0.486. The molecule has 0 amide bonds. The van der Waals surface area contributed by atoms with Gasteiger partial charge in [0, 0.05) is 4.48 Å². The second-order valence-electron chi connectivity index (χ2n) is 7.28. The molecule has 0 radical (unpaired) electrons. The van der Waals surface area contributed by atoms with Crippen molar-refractivity contribution in [2.24, 2.45) is 0 Å². The fourth-order valence-electron chi connectivity index (χ4n) is 4.61. The zero-order valence-corrected chi connectivity index (χ0v) is 17.4. The van der Waals surface area contributed by atoms with Gasteiger partial charge in [-0.25, -0.2) is 0 Å². The van der Waals surface area contributed by atoms with Crippen LogP contribution in [0.5, 0.6) is 0 Å². The molecule has 27 heavy (non-hydrogen) atoms. The summed E-state index contributed by atoms with van der Waals surface area (Å²) in [6.07, 6.45) is 15.7. The summed E-state index contributed by atoms with van der Waals surface area (Å²) in [4.78, 5) is 0. The molecule has 136 valence electrons. The van der Waals surface area contributed by atoms with E-state index in [0.29, 0.717) is 0 Å². The van der Waals surface area contributed by atoms with Crippen molar-refractivity contribution < 1.29 is 0 Å². The van der Waals surface area contributed by atoms with Crippen molar-refractivity contribution in [3.63, 3.8) is 0 Å². The van der Waals surface area contributed by atoms with Crippen molar-refractivity contribution in [1.82, 2.24) is 0 Å². The van der Waals surface area contributed by atoms with Crippen LogP contribution in [-0.4, -0.2) is 0 Å². The maximum Gasteiger partial charge on any atom is 0.0634 e. The van der Waals surface area contributed by atoms with Crippen LogP contribution in [0.1, 0.15) is 42.9 Å². The molecular weight excluding hydrogens is 392 g/mol. The summed E-state index contributed by atoms with van der Waals surface area (Å²) < 4.78 is 1.20. The SMILES string of the molecule is CC/C=C\C=C1/Cc2ccccc2C1(C1=CC(Br)=CCC1)c1ccccc1. The van der Waals surface area contributed by atoms with Crippen LogP contribution in [0.3, 0.4) is 0 Å². The van der Waals surface area contributed by atoms with Crippen molar-refractivity contribution in [3.05, 3.63) is 117 Å². The number of allylic oxidation sites excluding steroid dienone is 8. The van der Waals surface area contributed by atoms with Crippen LogP contribution >= 0.6 is 15.9 Å². The fourth-order valence-corrected chi connectivity index (χ4v) is 5.11. The number of hydrogen-bond donors (Lipinski definition) is 0. The van der Waals surface area contributed by atoms with E-state index in [1.165, 1.54) is 32.3 Å². The summed E-state index contributed by atoms with van der Waals surface area (Å²) in [5.74, 6) is 0. The van der Waals surface area contributed by atoms with Crippen LogP contribution in [0.25, 0.3) is 0 Å². The molecule has 0 aromatic heterocycles. The Morgan fingerprint density at radius 2 is 1.81 bits per heavy atom. The molecule has 0 bridgehead atoms. The van der Waals surface area contributed by atoms with E-state index in [1.807, 2.05) is 0 Å². The summed E-state index contributed by atoms with van der Waals surface area (Å²) in [5.41, 5.74) is 7.07. The van der Waals surface area contributed by atoms with Gasteiger partial charge in [0.15, 0.2) is 0 Å². The summed E-state index contributed by atoms with van der Waals surface area (Å²) in [5, 5.41) is 0. The lowest BCUT2D eigenvalue weighted by atomic mass is 9.65. The Morgan fingerprint density at radius 3 is 2.59 bits per heavy atom. The summed E-state index contributed by atoms with van der Waals surface area (Å²) in [6.45, 7) is 2.19. The Labute approximate surface area is 171 Å². The van der Waals surface area contributed by atoms with E-state index >= 15 is 0 Å². The van der Waals surface area contributed by atoms with Gasteiger partial charge in [-0.05, 0) is 59.6 Å². The molecule has 0 heterocycles. The Hall–Kier alpha value is -2.12. The van der Waals surface area contributed by atoms with Crippen LogP contribution in [-0.2, 0) is 11.8 Å². The van der Waals surface area contributed by atoms with Gasteiger partial charge in [-0.3, -0.25) is 0 Å². The van der Waals surface area contributed by atoms with Crippen molar-refractivity contribution >= 4 is 15.9 Å². The van der Waals surface area contributed by atoms with Crippen molar-refractivity contribution in [1.29, 1.82) is 0 Å². The highest BCUT2D eigenvalue weighted by molar-refractivity contribution is 9.11. The molecule has 0 N–H and O–H groups in total. The smallest absolute Gasteiger partial charge is 0.0634 e. The molecule has 4 rings (SSSR count). The minimum atomic E-state index is -0.163. The highest BCUT2D eigenvalue weighted by atomic mass is 79.9. The average molecular weight is 417 g/mol. The summed E-state index contributed by atoms with van der Waals surface area (Å²) in [6, 6.07) is 20.0.